The van der Waals surface area contributed by atoms with E-state index < -0.39 is 0 Å². The lowest BCUT2D eigenvalue weighted by Crippen LogP contribution is -2.32. The molecule has 1 aliphatic carbocycles. The molecule has 0 bridgehead atoms. The monoisotopic (exact) mass is 473 g/mol. The van der Waals surface area contributed by atoms with Crippen LogP contribution in [-0.4, -0.2) is 19.9 Å². The summed E-state index contributed by atoms with van der Waals surface area (Å²) in [5.74, 6) is 0.985. The van der Waals surface area contributed by atoms with Gasteiger partial charge in [-0.3, -0.25) is 9.88 Å². The normalized spacial score (nSPS) is 15.3. The van der Waals surface area contributed by atoms with Gasteiger partial charge in [0.2, 0.25) is 0 Å². The summed E-state index contributed by atoms with van der Waals surface area (Å²) in [5.41, 5.74) is 15.7. The number of benzene rings is 3. The van der Waals surface area contributed by atoms with E-state index >= 15 is 0 Å². The highest BCUT2D eigenvalue weighted by Crippen LogP contribution is 2.35. The number of imidazole rings is 1. The Bertz CT molecular complexity index is 1440. The number of aryl methyl sites for hydroxylation is 1. The Kier molecular flexibility index (Phi) is 6.33. The third kappa shape index (κ3) is 4.55. The Morgan fingerprint density at radius 1 is 0.917 bits per heavy atom. The Balaban J connectivity index is 1.35. The molecule has 3 aromatic carbocycles. The number of para-hydroxylation sites is 2. The average molecular weight is 474 g/mol. The van der Waals surface area contributed by atoms with E-state index in [-0.39, 0.29) is 6.04 Å². The number of hydrogen-bond acceptors (Lipinski definition) is 4. The highest BCUT2D eigenvalue weighted by Gasteiger charge is 2.28. The van der Waals surface area contributed by atoms with E-state index in [1.807, 2.05) is 24.4 Å². The number of hydrogen-bond donors (Lipinski definition) is 2. The minimum atomic E-state index is 0.248. The number of fused-ring (bicyclic) bond motifs is 2. The number of nitrogens with zero attached hydrogens (tertiary/aromatic N) is 3. The summed E-state index contributed by atoms with van der Waals surface area (Å²) >= 11 is 0. The SMILES string of the molecule is NCc1cc(CN(Cc2nc3ccccc3[nH]2)C2CCCc3cccnc32)ccc1-c1ccccc1. The van der Waals surface area contributed by atoms with Crippen molar-refractivity contribution in [3.05, 3.63) is 119 Å². The fourth-order valence-electron chi connectivity index (χ4n) is 5.54. The predicted molar refractivity (Wildman–Crippen MR) is 145 cm³/mol. The quantitative estimate of drug-likeness (QED) is 0.297. The van der Waals surface area contributed by atoms with E-state index in [1.165, 1.54) is 39.9 Å². The largest absolute Gasteiger partial charge is 0.341 e. The lowest BCUT2D eigenvalue weighted by atomic mass is 9.90. The van der Waals surface area contributed by atoms with Gasteiger partial charge in [0.05, 0.1) is 29.3 Å². The summed E-state index contributed by atoms with van der Waals surface area (Å²) in [6.07, 6.45) is 5.29. The summed E-state index contributed by atoms with van der Waals surface area (Å²) in [7, 11) is 0. The van der Waals surface area contributed by atoms with E-state index in [1.54, 1.807) is 0 Å². The van der Waals surface area contributed by atoms with Crippen molar-refractivity contribution >= 4 is 11.0 Å². The molecule has 1 atom stereocenters. The first-order valence-electron chi connectivity index (χ1n) is 12.8. The van der Waals surface area contributed by atoms with Crippen LogP contribution in [0.15, 0.2) is 91.1 Å². The molecular formula is C31H31N5. The summed E-state index contributed by atoms with van der Waals surface area (Å²) in [6.45, 7) is 2.04. The van der Waals surface area contributed by atoms with Crippen molar-refractivity contribution in [2.75, 3.05) is 0 Å². The van der Waals surface area contributed by atoms with Crippen LogP contribution in [-0.2, 0) is 26.1 Å². The molecule has 0 amide bonds. The first-order chi connectivity index (χ1) is 17.8. The first kappa shape index (κ1) is 22.7. The first-order valence-corrected chi connectivity index (χ1v) is 12.8. The Labute approximate surface area is 212 Å². The number of aromatic amines is 1. The zero-order chi connectivity index (χ0) is 24.3. The van der Waals surface area contributed by atoms with E-state index in [0.717, 1.165) is 42.8 Å². The van der Waals surface area contributed by atoms with E-state index in [2.05, 4.69) is 76.6 Å². The molecule has 0 fully saturated rings. The van der Waals surface area contributed by atoms with Crippen LogP contribution in [0.25, 0.3) is 22.2 Å². The van der Waals surface area contributed by atoms with Gasteiger partial charge in [-0.2, -0.15) is 0 Å². The standard InChI is InChI=1S/C31H31N5/c32-19-25-18-22(15-16-26(25)23-8-2-1-3-9-23)20-36(21-30-34-27-12-4-5-13-28(27)35-30)29-14-6-10-24-11-7-17-33-31(24)29/h1-5,7-9,11-13,15-18,29H,6,10,14,19-21,32H2,(H,34,35). The van der Waals surface area contributed by atoms with E-state index in [4.69, 9.17) is 15.7 Å². The van der Waals surface area contributed by atoms with Crippen molar-refractivity contribution in [2.24, 2.45) is 5.73 Å². The average Bonchev–Trinajstić information content (AvgIpc) is 3.35. The molecule has 180 valence electrons. The second-order valence-electron chi connectivity index (χ2n) is 9.62. The van der Waals surface area contributed by atoms with Crippen LogP contribution in [0.1, 0.15) is 47.1 Å². The molecule has 1 aliphatic rings. The molecular weight excluding hydrogens is 442 g/mol. The van der Waals surface area contributed by atoms with Crippen LogP contribution in [0.3, 0.4) is 0 Å². The maximum Gasteiger partial charge on any atom is 0.121 e. The van der Waals surface area contributed by atoms with Crippen LogP contribution in [0.4, 0.5) is 0 Å². The topological polar surface area (TPSA) is 70.8 Å². The maximum atomic E-state index is 6.22. The van der Waals surface area contributed by atoms with Crippen molar-refractivity contribution in [1.82, 2.24) is 19.9 Å². The molecule has 0 radical (unpaired) electrons. The minimum absolute atomic E-state index is 0.248. The van der Waals surface area contributed by atoms with Gasteiger partial charge in [-0.1, -0.05) is 66.7 Å². The Morgan fingerprint density at radius 3 is 2.64 bits per heavy atom. The smallest absolute Gasteiger partial charge is 0.121 e. The van der Waals surface area contributed by atoms with Gasteiger partial charge in [0.1, 0.15) is 5.82 Å². The van der Waals surface area contributed by atoms with Crippen LogP contribution < -0.4 is 5.73 Å². The second-order valence-corrected chi connectivity index (χ2v) is 9.62. The van der Waals surface area contributed by atoms with Gasteiger partial charge in [0.25, 0.3) is 0 Å². The Morgan fingerprint density at radius 2 is 1.78 bits per heavy atom. The van der Waals surface area contributed by atoms with Gasteiger partial charge >= 0.3 is 0 Å². The third-order valence-electron chi connectivity index (χ3n) is 7.26. The van der Waals surface area contributed by atoms with Crippen LogP contribution in [0.5, 0.6) is 0 Å². The van der Waals surface area contributed by atoms with Gasteiger partial charge in [-0.25, -0.2) is 4.98 Å². The van der Waals surface area contributed by atoms with Crippen LogP contribution in [0.2, 0.25) is 0 Å². The lowest BCUT2D eigenvalue weighted by Gasteiger charge is -2.34. The fourth-order valence-corrected chi connectivity index (χ4v) is 5.54. The lowest BCUT2D eigenvalue weighted by molar-refractivity contribution is 0.153. The summed E-state index contributed by atoms with van der Waals surface area (Å²) in [6, 6.07) is 30.0. The molecule has 2 heterocycles. The van der Waals surface area contributed by atoms with Crippen molar-refractivity contribution in [3.63, 3.8) is 0 Å². The fraction of sp³-hybridized carbons (Fsp3) is 0.226. The zero-order valence-electron chi connectivity index (χ0n) is 20.4. The molecule has 1 unspecified atom stereocenters. The molecule has 3 N–H and O–H groups in total. The number of nitrogens with two attached hydrogens (primary N) is 1. The van der Waals surface area contributed by atoms with Crippen LogP contribution >= 0.6 is 0 Å². The Hall–Kier alpha value is -3.80. The maximum absolute atomic E-state index is 6.22. The molecule has 2 aromatic heterocycles. The highest BCUT2D eigenvalue weighted by molar-refractivity contribution is 5.74. The van der Waals surface area contributed by atoms with E-state index in [9.17, 15) is 0 Å². The molecule has 5 nitrogen and oxygen atoms in total. The van der Waals surface area contributed by atoms with Gasteiger partial charge in [0.15, 0.2) is 0 Å². The van der Waals surface area contributed by atoms with Gasteiger partial charge in [-0.15, -0.1) is 0 Å². The molecule has 6 rings (SSSR count). The molecule has 0 saturated carbocycles. The molecule has 0 saturated heterocycles. The zero-order valence-corrected chi connectivity index (χ0v) is 20.4. The summed E-state index contributed by atoms with van der Waals surface area (Å²) in [5, 5.41) is 0. The van der Waals surface area contributed by atoms with E-state index in [0.29, 0.717) is 6.54 Å². The second kappa shape index (κ2) is 10.1. The predicted octanol–water partition coefficient (Wildman–Crippen LogP) is 6.16. The van der Waals surface area contributed by atoms with Gasteiger partial charge in [0, 0.05) is 19.3 Å². The number of nitrogens with one attached hydrogen (secondary N) is 1. The van der Waals surface area contributed by atoms with Crippen molar-refractivity contribution in [3.8, 4) is 11.1 Å². The van der Waals surface area contributed by atoms with Crippen molar-refractivity contribution in [2.45, 2.75) is 44.9 Å². The number of pyridine rings is 1. The highest BCUT2D eigenvalue weighted by atomic mass is 15.2. The molecule has 0 spiro atoms. The molecule has 0 aliphatic heterocycles. The summed E-state index contributed by atoms with van der Waals surface area (Å²) in [4.78, 5) is 15.8. The third-order valence-corrected chi connectivity index (χ3v) is 7.26. The molecule has 36 heavy (non-hydrogen) atoms. The van der Waals surface area contributed by atoms with Crippen LogP contribution in [0, 0.1) is 0 Å². The summed E-state index contributed by atoms with van der Waals surface area (Å²) < 4.78 is 0. The minimum Gasteiger partial charge on any atom is -0.341 e. The molecule has 5 aromatic rings. The van der Waals surface area contributed by atoms with Gasteiger partial charge in [-0.05, 0) is 65.3 Å². The van der Waals surface area contributed by atoms with Crippen molar-refractivity contribution < 1.29 is 0 Å². The molecule has 5 heteroatoms. The van der Waals surface area contributed by atoms with Crippen molar-refractivity contribution in [1.29, 1.82) is 0 Å². The van der Waals surface area contributed by atoms with Gasteiger partial charge < -0.3 is 10.7 Å². The number of rotatable bonds is 7. The number of H-pyrrole nitrogens is 1. The number of aromatic nitrogens is 3.